The number of carbonyl (C=O) groups excluding carboxylic acids is 3. The minimum atomic E-state index is -0.831. The highest BCUT2D eigenvalue weighted by Gasteiger charge is 2.58. The molecule has 3 amide bonds. The molecule has 12 nitrogen and oxygen atoms in total. The first kappa shape index (κ1) is 34.6. The van der Waals surface area contributed by atoms with Crippen LogP contribution in [0.1, 0.15) is 78.9 Å². The average Bonchev–Trinajstić information content (AvgIpc) is 3.98. The first-order valence-electron chi connectivity index (χ1n) is 18.5. The molecule has 1 saturated carbocycles. The van der Waals surface area contributed by atoms with E-state index >= 15 is 0 Å². The molecule has 7 aliphatic rings. The zero-order valence-electron chi connectivity index (χ0n) is 29.0. The number of nitrogens with zero attached hydrogens (tertiary/aromatic N) is 5. The molecular formula is C36H50N6O6S2. The monoisotopic (exact) mass is 726 g/mol. The molecule has 9 rings (SSSR count). The van der Waals surface area contributed by atoms with Crippen LogP contribution in [0.2, 0.25) is 0 Å². The van der Waals surface area contributed by atoms with Gasteiger partial charge in [-0.05, 0) is 58.3 Å². The fourth-order valence-electron chi connectivity index (χ4n) is 9.35. The number of thiazole rings is 2. The summed E-state index contributed by atoms with van der Waals surface area (Å²) in [5, 5.41) is 6.37. The summed E-state index contributed by atoms with van der Waals surface area (Å²) in [7, 11) is 0. The summed E-state index contributed by atoms with van der Waals surface area (Å²) in [6, 6.07) is -0.831. The van der Waals surface area contributed by atoms with Gasteiger partial charge in [-0.1, -0.05) is 0 Å². The van der Waals surface area contributed by atoms with Crippen molar-refractivity contribution in [3.63, 3.8) is 0 Å². The third kappa shape index (κ3) is 7.00. The van der Waals surface area contributed by atoms with Crippen molar-refractivity contribution in [1.82, 2.24) is 30.0 Å². The number of hydrogen-bond donors (Lipinski definition) is 1. The number of nitrogens with one attached hydrogen (secondary N) is 1. The van der Waals surface area contributed by atoms with Gasteiger partial charge in [-0.25, -0.2) is 4.98 Å². The van der Waals surface area contributed by atoms with Crippen LogP contribution in [0.3, 0.4) is 0 Å². The van der Waals surface area contributed by atoms with Gasteiger partial charge in [-0.2, -0.15) is 0 Å². The zero-order valence-corrected chi connectivity index (χ0v) is 30.6. The lowest BCUT2D eigenvalue weighted by Gasteiger charge is -2.51. The topological polar surface area (TPSA) is 126 Å². The lowest BCUT2D eigenvalue weighted by molar-refractivity contribution is -0.159. The Kier molecular flexibility index (Phi) is 10.0. The van der Waals surface area contributed by atoms with Crippen molar-refractivity contribution < 1.29 is 28.6 Å². The van der Waals surface area contributed by atoms with E-state index in [1.54, 1.807) is 23.0 Å². The van der Waals surface area contributed by atoms with E-state index in [2.05, 4.69) is 20.2 Å². The van der Waals surface area contributed by atoms with Gasteiger partial charge in [0.1, 0.15) is 10.9 Å². The summed E-state index contributed by atoms with van der Waals surface area (Å²) in [6.45, 7) is 8.25. The maximum absolute atomic E-state index is 14.5. The van der Waals surface area contributed by atoms with Crippen LogP contribution in [-0.2, 0) is 23.8 Å². The number of ether oxygens (including phenoxy) is 3. The average molecular weight is 727 g/mol. The van der Waals surface area contributed by atoms with Crippen LogP contribution in [0.15, 0.2) is 23.3 Å². The Morgan fingerprint density at radius 1 is 1.06 bits per heavy atom. The number of rotatable bonds is 11. The molecule has 4 atom stereocenters. The molecule has 14 heteroatoms. The second-order valence-electron chi connectivity index (χ2n) is 15.8. The van der Waals surface area contributed by atoms with Crippen LogP contribution in [0, 0.1) is 16.7 Å². The van der Waals surface area contributed by atoms with Gasteiger partial charge in [0.2, 0.25) is 11.8 Å². The SMILES string of the molecule is C[C@@H](OCC12CCC(CC1)OC2)[C@H](NC(=O)[C@@H]1CN(C(=O)c2cncs2)CC12CN(CC1CCCO1)C2)C(=O)N1CCC(c2nccs2)CC1. The van der Waals surface area contributed by atoms with Crippen molar-refractivity contribution in [2.75, 3.05) is 65.6 Å². The van der Waals surface area contributed by atoms with Gasteiger partial charge in [0.25, 0.3) is 5.91 Å². The molecule has 2 aromatic heterocycles. The van der Waals surface area contributed by atoms with Crippen LogP contribution < -0.4 is 5.32 Å². The molecule has 7 fully saturated rings. The van der Waals surface area contributed by atoms with E-state index in [1.807, 2.05) is 28.3 Å². The summed E-state index contributed by atoms with van der Waals surface area (Å²) in [5.74, 6) is -0.456. The van der Waals surface area contributed by atoms with Crippen LogP contribution in [0.25, 0.3) is 0 Å². The van der Waals surface area contributed by atoms with Crippen LogP contribution >= 0.6 is 22.7 Å². The van der Waals surface area contributed by atoms with E-state index in [0.29, 0.717) is 56.3 Å². The molecule has 0 aromatic carbocycles. The van der Waals surface area contributed by atoms with Gasteiger partial charge in [-0.3, -0.25) is 24.3 Å². The number of aromatic nitrogens is 2. The van der Waals surface area contributed by atoms with Gasteiger partial charge in [-0.15, -0.1) is 22.7 Å². The first-order chi connectivity index (χ1) is 24.3. The highest BCUT2D eigenvalue weighted by molar-refractivity contribution is 7.11. The largest absolute Gasteiger partial charge is 0.378 e. The molecule has 2 aromatic rings. The molecular weight excluding hydrogens is 677 g/mol. The highest BCUT2D eigenvalue weighted by Crippen LogP contribution is 2.46. The Balaban J connectivity index is 0.987. The van der Waals surface area contributed by atoms with Gasteiger partial charge < -0.3 is 29.3 Å². The number of likely N-dealkylation sites (tertiary alicyclic amines) is 3. The van der Waals surface area contributed by atoms with Crippen LogP contribution in [0.4, 0.5) is 0 Å². The first-order valence-corrected chi connectivity index (χ1v) is 20.3. The molecule has 2 bridgehead atoms. The summed E-state index contributed by atoms with van der Waals surface area (Å²) in [6.07, 6.45) is 11.6. The Hall–Kier alpha value is -2.49. The maximum atomic E-state index is 14.5. The Labute approximate surface area is 302 Å². The molecule has 8 heterocycles. The van der Waals surface area contributed by atoms with Crippen molar-refractivity contribution in [3.8, 4) is 0 Å². The fraction of sp³-hybridized carbons (Fsp3) is 0.750. The molecule has 50 heavy (non-hydrogen) atoms. The molecule has 272 valence electrons. The fourth-order valence-corrected chi connectivity index (χ4v) is 10.7. The highest BCUT2D eigenvalue weighted by atomic mass is 32.1. The number of amides is 3. The molecule has 1 spiro atoms. The number of hydrogen-bond acceptors (Lipinski definition) is 11. The quantitative estimate of drug-likeness (QED) is 0.371. The van der Waals surface area contributed by atoms with E-state index in [-0.39, 0.29) is 34.7 Å². The molecule has 1 N–H and O–H groups in total. The van der Waals surface area contributed by atoms with Gasteiger partial charge in [0.05, 0.1) is 54.2 Å². The van der Waals surface area contributed by atoms with Crippen LogP contribution in [0.5, 0.6) is 0 Å². The second kappa shape index (κ2) is 14.5. The molecule has 1 unspecified atom stereocenters. The summed E-state index contributed by atoms with van der Waals surface area (Å²) >= 11 is 2.99. The number of fused-ring (bicyclic) bond motifs is 3. The van der Waals surface area contributed by atoms with E-state index in [9.17, 15) is 14.4 Å². The van der Waals surface area contributed by atoms with Crippen molar-refractivity contribution in [1.29, 1.82) is 0 Å². The summed E-state index contributed by atoms with van der Waals surface area (Å²) in [4.78, 5) is 57.8. The third-order valence-corrected chi connectivity index (χ3v) is 14.1. The predicted octanol–water partition coefficient (Wildman–Crippen LogP) is 3.41. The van der Waals surface area contributed by atoms with E-state index in [0.717, 1.165) is 82.6 Å². The normalized spacial score (nSPS) is 30.8. The Morgan fingerprint density at radius 2 is 1.88 bits per heavy atom. The number of carbonyl (C=O) groups is 3. The maximum Gasteiger partial charge on any atom is 0.265 e. The smallest absolute Gasteiger partial charge is 0.265 e. The standard InChI is InChI=1S/C36H50N6O6S2/c1-24(47-21-35-8-4-26(5-9-35)48-22-35)30(34(45)41-11-6-25(7-12-41)32-38-10-14-49-32)39-31(43)28-17-42(33(44)29-15-37-23-50-29)20-36(28)18-40(19-36)16-27-3-2-13-46-27/h10,14-15,23-28,30H,2-9,11-13,16-22H2,1H3,(H,39,43)/t24-,26?,27?,28+,30+,35?/m1/s1. The molecule has 6 saturated heterocycles. The lowest BCUT2D eigenvalue weighted by atomic mass is 9.71. The van der Waals surface area contributed by atoms with Crippen molar-refractivity contribution >= 4 is 40.4 Å². The zero-order chi connectivity index (χ0) is 34.3. The molecule has 6 aliphatic heterocycles. The minimum Gasteiger partial charge on any atom is -0.378 e. The Morgan fingerprint density at radius 3 is 2.54 bits per heavy atom. The second-order valence-corrected chi connectivity index (χ2v) is 17.6. The summed E-state index contributed by atoms with van der Waals surface area (Å²) in [5.41, 5.74) is 1.25. The van der Waals surface area contributed by atoms with Gasteiger partial charge in [0.15, 0.2) is 0 Å². The van der Waals surface area contributed by atoms with Crippen molar-refractivity contribution in [3.05, 3.63) is 33.2 Å². The van der Waals surface area contributed by atoms with E-state index in [4.69, 9.17) is 14.2 Å². The summed E-state index contributed by atoms with van der Waals surface area (Å²) < 4.78 is 18.5. The lowest BCUT2D eigenvalue weighted by Crippen LogP contribution is -2.65. The van der Waals surface area contributed by atoms with Crippen molar-refractivity contribution in [2.24, 2.45) is 16.7 Å². The molecule has 0 radical (unpaired) electrons. The van der Waals surface area contributed by atoms with Gasteiger partial charge >= 0.3 is 0 Å². The predicted molar refractivity (Wildman–Crippen MR) is 188 cm³/mol. The van der Waals surface area contributed by atoms with Crippen molar-refractivity contribution in [2.45, 2.75) is 88.6 Å². The Bertz CT molecular complexity index is 1470. The van der Waals surface area contributed by atoms with Gasteiger partial charge in [0, 0.05) is 80.7 Å². The number of piperidine rings is 1. The van der Waals surface area contributed by atoms with Crippen LogP contribution in [-0.4, -0.2) is 132 Å². The third-order valence-electron chi connectivity index (χ3n) is 12.4. The minimum absolute atomic E-state index is 0.0296. The molecule has 1 aliphatic carbocycles. The van der Waals surface area contributed by atoms with E-state index < -0.39 is 18.1 Å². The van der Waals surface area contributed by atoms with E-state index in [1.165, 1.54) is 11.3 Å².